The van der Waals surface area contributed by atoms with Crippen molar-refractivity contribution in [3.05, 3.63) is 29.8 Å². The Balaban J connectivity index is 2.03. The van der Waals surface area contributed by atoms with Crippen LogP contribution in [-0.4, -0.2) is 28.8 Å². The monoisotopic (exact) mass is 293 g/mol. The molecule has 0 saturated carbocycles. The van der Waals surface area contributed by atoms with Gasteiger partial charge in [-0.05, 0) is 18.1 Å². The van der Waals surface area contributed by atoms with Crippen molar-refractivity contribution in [3.63, 3.8) is 0 Å². The van der Waals surface area contributed by atoms with Crippen LogP contribution in [0.3, 0.4) is 0 Å². The summed E-state index contributed by atoms with van der Waals surface area (Å²) in [4.78, 5) is 24.3. The van der Waals surface area contributed by atoms with E-state index in [1.807, 2.05) is 31.2 Å². The Hall–Kier alpha value is -1.49. The summed E-state index contributed by atoms with van der Waals surface area (Å²) in [5.41, 5.74) is 1.06. The molecule has 1 aromatic rings. The number of carbonyl (C=O) groups excluding carboxylic acids is 1. The summed E-state index contributed by atoms with van der Waals surface area (Å²) in [6.07, 6.45) is 1.54. The second-order valence-electron chi connectivity index (χ2n) is 4.99. The van der Waals surface area contributed by atoms with Gasteiger partial charge in [0.2, 0.25) is 5.91 Å². The molecule has 0 bridgehead atoms. The van der Waals surface area contributed by atoms with Gasteiger partial charge >= 0.3 is 5.97 Å². The van der Waals surface area contributed by atoms with E-state index in [1.165, 1.54) is 0 Å². The molecule has 1 aliphatic rings. The number of nitrogens with one attached hydrogen (secondary N) is 1. The van der Waals surface area contributed by atoms with Gasteiger partial charge in [-0.3, -0.25) is 9.59 Å². The van der Waals surface area contributed by atoms with E-state index in [4.69, 9.17) is 5.11 Å². The smallest absolute Gasteiger partial charge is 0.305 e. The molecule has 0 radical (unpaired) electrons. The Morgan fingerprint density at radius 1 is 1.45 bits per heavy atom. The van der Waals surface area contributed by atoms with Crippen LogP contribution >= 0.6 is 11.8 Å². The quantitative estimate of drug-likeness (QED) is 0.846. The molecule has 1 aromatic carbocycles. The Kier molecular flexibility index (Phi) is 5.06. The van der Waals surface area contributed by atoms with Crippen LogP contribution < -0.4 is 5.32 Å². The molecule has 1 aliphatic heterocycles. The van der Waals surface area contributed by atoms with E-state index < -0.39 is 5.97 Å². The number of carboxylic acid groups (broad SMARTS) is 1. The van der Waals surface area contributed by atoms with Crippen LogP contribution in [0.5, 0.6) is 0 Å². The van der Waals surface area contributed by atoms with Gasteiger partial charge in [0.15, 0.2) is 0 Å². The third kappa shape index (κ3) is 3.54. The maximum absolute atomic E-state index is 12.4. The van der Waals surface area contributed by atoms with Gasteiger partial charge in [0.05, 0.1) is 12.3 Å². The van der Waals surface area contributed by atoms with Crippen LogP contribution in [-0.2, 0) is 9.59 Å². The van der Waals surface area contributed by atoms with E-state index in [9.17, 15) is 9.59 Å². The second-order valence-corrected chi connectivity index (χ2v) is 6.06. The lowest BCUT2D eigenvalue weighted by atomic mass is 9.99. The average molecular weight is 293 g/mol. The molecule has 0 fully saturated rings. The van der Waals surface area contributed by atoms with Crippen molar-refractivity contribution in [2.75, 3.05) is 5.75 Å². The van der Waals surface area contributed by atoms with Crippen molar-refractivity contribution in [1.29, 1.82) is 0 Å². The number of fused-ring (bicyclic) bond motifs is 1. The average Bonchev–Trinajstić information content (AvgIpc) is 2.82. The summed E-state index contributed by atoms with van der Waals surface area (Å²) in [5.74, 6) is -0.353. The maximum atomic E-state index is 12.4. The maximum Gasteiger partial charge on any atom is 0.305 e. The largest absolute Gasteiger partial charge is 0.481 e. The van der Waals surface area contributed by atoms with Gasteiger partial charge < -0.3 is 10.4 Å². The third-order valence-corrected chi connectivity index (χ3v) is 4.60. The number of carbonyl (C=O) groups is 2. The summed E-state index contributed by atoms with van der Waals surface area (Å²) in [7, 11) is 0. The number of amides is 1. The molecular weight excluding hydrogens is 274 g/mol. The van der Waals surface area contributed by atoms with Crippen LogP contribution in [0.1, 0.15) is 37.7 Å². The van der Waals surface area contributed by atoms with Gasteiger partial charge in [0.25, 0.3) is 0 Å². The summed E-state index contributed by atoms with van der Waals surface area (Å²) < 4.78 is 0. The SMILES string of the molecule is CCCC(CC(=O)O)NC(=O)C1CSc2ccccc21. The normalized spacial score (nSPS) is 18.4. The standard InChI is InChI=1S/C15H19NO3S/c1-2-5-10(8-14(17)18)16-15(19)12-9-20-13-7-4-3-6-11(12)13/h3-4,6-7,10,12H,2,5,8-9H2,1H3,(H,16,19)(H,17,18). The first-order valence-corrected chi connectivity index (χ1v) is 7.84. The number of hydrogen-bond acceptors (Lipinski definition) is 3. The number of aliphatic carboxylic acids is 1. The Bertz CT molecular complexity index is 504. The highest BCUT2D eigenvalue weighted by Crippen LogP contribution is 2.39. The highest BCUT2D eigenvalue weighted by atomic mass is 32.2. The molecule has 1 heterocycles. The first kappa shape index (κ1) is 14.9. The molecule has 2 atom stereocenters. The highest BCUT2D eigenvalue weighted by Gasteiger charge is 2.30. The Morgan fingerprint density at radius 3 is 2.90 bits per heavy atom. The second kappa shape index (κ2) is 6.79. The lowest BCUT2D eigenvalue weighted by Crippen LogP contribution is -2.39. The fourth-order valence-electron chi connectivity index (χ4n) is 2.47. The van der Waals surface area contributed by atoms with Gasteiger partial charge in [0, 0.05) is 16.7 Å². The van der Waals surface area contributed by atoms with Crippen molar-refractivity contribution in [2.24, 2.45) is 0 Å². The molecular formula is C15H19NO3S. The lowest BCUT2D eigenvalue weighted by Gasteiger charge is -2.19. The van der Waals surface area contributed by atoms with Crippen molar-refractivity contribution >= 4 is 23.6 Å². The molecule has 2 unspecified atom stereocenters. The Morgan fingerprint density at radius 2 is 2.20 bits per heavy atom. The predicted molar refractivity (Wildman–Crippen MR) is 79.0 cm³/mol. The topological polar surface area (TPSA) is 66.4 Å². The molecule has 5 heteroatoms. The van der Waals surface area contributed by atoms with Crippen LogP contribution in [0, 0.1) is 0 Å². The van der Waals surface area contributed by atoms with E-state index in [2.05, 4.69) is 5.32 Å². The fourth-order valence-corrected chi connectivity index (χ4v) is 3.69. The van der Waals surface area contributed by atoms with Crippen molar-refractivity contribution < 1.29 is 14.7 Å². The molecule has 2 rings (SSSR count). The fraction of sp³-hybridized carbons (Fsp3) is 0.467. The minimum Gasteiger partial charge on any atom is -0.481 e. The molecule has 20 heavy (non-hydrogen) atoms. The molecule has 1 amide bonds. The minimum absolute atomic E-state index is 0.0128. The number of benzene rings is 1. The minimum atomic E-state index is -0.870. The predicted octanol–water partition coefficient (Wildman–Crippen LogP) is 2.64. The summed E-state index contributed by atoms with van der Waals surface area (Å²) in [6.45, 7) is 1.99. The van der Waals surface area contributed by atoms with Crippen LogP contribution in [0.15, 0.2) is 29.2 Å². The van der Waals surface area contributed by atoms with Gasteiger partial charge in [0.1, 0.15) is 0 Å². The van der Waals surface area contributed by atoms with Gasteiger partial charge in [-0.2, -0.15) is 0 Å². The van der Waals surface area contributed by atoms with Gasteiger partial charge in [-0.25, -0.2) is 0 Å². The van der Waals surface area contributed by atoms with Crippen LogP contribution in [0.2, 0.25) is 0 Å². The van der Waals surface area contributed by atoms with Crippen molar-refractivity contribution in [3.8, 4) is 0 Å². The Labute approximate surface area is 123 Å². The van der Waals surface area contributed by atoms with E-state index in [-0.39, 0.29) is 24.3 Å². The summed E-state index contributed by atoms with van der Waals surface area (Å²) >= 11 is 1.68. The number of carboxylic acids is 1. The van der Waals surface area contributed by atoms with Crippen molar-refractivity contribution in [2.45, 2.75) is 43.0 Å². The van der Waals surface area contributed by atoms with Crippen molar-refractivity contribution in [1.82, 2.24) is 5.32 Å². The number of thioether (sulfide) groups is 1. The van der Waals surface area contributed by atoms with Gasteiger partial charge in [-0.15, -0.1) is 11.8 Å². The van der Waals surface area contributed by atoms with E-state index in [0.29, 0.717) is 6.42 Å². The molecule has 0 saturated heterocycles. The van der Waals surface area contributed by atoms with E-state index in [0.717, 1.165) is 22.6 Å². The summed E-state index contributed by atoms with van der Waals surface area (Å²) in [6, 6.07) is 7.63. The summed E-state index contributed by atoms with van der Waals surface area (Å²) in [5, 5.41) is 11.8. The first-order chi connectivity index (χ1) is 9.61. The zero-order valence-electron chi connectivity index (χ0n) is 11.5. The molecule has 2 N–H and O–H groups in total. The zero-order chi connectivity index (χ0) is 14.5. The highest BCUT2D eigenvalue weighted by molar-refractivity contribution is 7.99. The number of hydrogen-bond donors (Lipinski definition) is 2. The van der Waals surface area contributed by atoms with Crippen LogP contribution in [0.25, 0.3) is 0 Å². The van der Waals surface area contributed by atoms with Gasteiger partial charge in [-0.1, -0.05) is 31.5 Å². The van der Waals surface area contributed by atoms with Crippen LogP contribution in [0.4, 0.5) is 0 Å². The molecule has 108 valence electrons. The molecule has 0 aliphatic carbocycles. The molecule has 0 spiro atoms. The zero-order valence-corrected chi connectivity index (χ0v) is 12.3. The molecule has 4 nitrogen and oxygen atoms in total. The van der Waals surface area contributed by atoms with E-state index in [1.54, 1.807) is 11.8 Å². The molecule has 0 aromatic heterocycles. The number of rotatable bonds is 6. The van der Waals surface area contributed by atoms with E-state index >= 15 is 0 Å². The first-order valence-electron chi connectivity index (χ1n) is 6.85. The lowest BCUT2D eigenvalue weighted by molar-refractivity contribution is -0.137. The third-order valence-electron chi connectivity index (χ3n) is 3.42.